The van der Waals surface area contributed by atoms with Crippen LogP contribution in [0.3, 0.4) is 0 Å². The summed E-state index contributed by atoms with van der Waals surface area (Å²) in [5.74, 6) is -0.0806. The number of ether oxygens (including phenoxy) is 1. The Bertz CT molecular complexity index is 2160. The van der Waals surface area contributed by atoms with Crippen molar-refractivity contribution in [2.24, 2.45) is 0 Å². The number of nitrogens with one attached hydrogen (secondary N) is 2. The third-order valence-corrected chi connectivity index (χ3v) is 9.31. The number of imide groups is 1. The van der Waals surface area contributed by atoms with Crippen LogP contribution in [-0.2, 0) is 13.1 Å². The van der Waals surface area contributed by atoms with Gasteiger partial charge in [-0.1, -0.05) is 77.4 Å². The van der Waals surface area contributed by atoms with E-state index < -0.39 is 6.03 Å². The largest absolute Gasteiger partial charge is 0.497 e. The molecule has 0 spiro atoms. The standard InChI is InChI=1S/C41H43N5O5/c1-7-8-19-45-37-31(17-12-18-42-37)34(27-13-11-14-28(22-27)51-6)36(40(45)49)44-41(50)43-35-32(24(2)3)20-26(21-33(35)25(4)5)23-46-38(47)29-15-9-10-16-30(29)39(46)48/h9-18,20-22,24-25H,7-8,19,23H2,1-6H3,(H2,43,44,50). The molecule has 2 aromatic heterocycles. The van der Waals surface area contributed by atoms with E-state index in [-0.39, 0.29) is 41.4 Å². The van der Waals surface area contributed by atoms with Crippen LogP contribution in [0.4, 0.5) is 16.2 Å². The fraction of sp³-hybridized carbons (Fsp3) is 0.293. The number of pyridine rings is 2. The number of anilines is 2. The van der Waals surface area contributed by atoms with Gasteiger partial charge in [0.05, 0.1) is 24.8 Å². The molecule has 10 nitrogen and oxygen atoms in total. The first-order chi connectivity index (χ1) is 24.5. The van der Waals surface area contributed by atoms with Gasteiger partial charge in [-0.25, -0.2) is 9.78 Å². The van der Waals surface area contributed by atoms with E-state index in [1.54, 1.807) is 42.1 Å². The first-order valence-corrected chi connectivity index (χ1v) is 17.4. The molecule has 0 fully saturated rings. The van der Waals surface area contributed by atoms with Gasteiger partial charge in [0, 0.05) is 29.4 Å². The maximum Gasteiger partial charge on any atom is 0.323 e. The van der Waals surface area contributed by atoms with Gasteiger partial charge in [-0.05, 0) is 76.9 Å². The number of nitrogens with zero attached hydrogens (tertiary/aromatic N) is 3. The van der Waals surface area contributed by atoms with Gasteiger partial charge in [0.2, 0.25) is 0 Å². The van der Waals surface area contributed by atoms with Crippen molar-refractivity contribution >= 4 is 40.3 Å². The van der Waals surface area contributed by atoms with E-state index in [1.165, 1.54) is 4.90 Å². The highest BCUT2D eigenvalue weighted by Crippen LogP contribution is 2.37. The molecule has 4 amide bonds. The second-order valence-corrected chi connectivity index (χ2v) is 13.4. The van der Waals surface area contributed by atoms with E-state index in [0.29, 0.717) is 45.9 Å². The Labute approximate surface area is 297 Å². The van der Waals surface area contributed by atoms with Crippen LogP contribution >= 0.6 is 0 Å². The van der Waals surface area contributed by atoms with Crippen molar-refractivity contribution in [3.8, 4) is 16.9 Å². The van der Waals surface area contributed by atoms with Gasteiger partial charge < -0.3 is 15.4 Å². The Morgan fingerprint density at radius 1 is 0.824 bits per heavy atom. The number of carbonyl (C=O) groups is 3. The summed E-state index contributed by atoms with van der Waals surface area (Å²) in [7, 11) is 1.58. The number of aromatic nitrogens is 2. The highest BCUT2D eigenvalue weighted by molar-refractivity contribution is 6.21. The molecule has 3 heterocycles. The van der Waals surface area contributed by atoms with Crippen molar-refractivity contribution in [2.45, 2.75) is 72.4 Å². The lowest BCUT2D eigenvalue weighted by Crippen LogP contribution is -2.31. The van der Waals surface area contributed by atoms with Crippen molar-refractivity contribution in [1.82, 2.24) is 14.5 Å². The quantitative estimate of drug-likeness (QED) is 0.134. The molecule has 0 saturated carbocycles. The number of methoxy groups -OCH3 is 1. The number of aryl methyl sites for hydroxylation is 1. The predicted octanol–water partition coefficient (Wildman–Crippen LogP) is 8.56. The van der Waals surface area contributed by atoms with Crippen LogP contribution < -0.4 is 20.9 Å². The number of urea groups is 1. The molecule has 0 saturated heterocycles. The summed E-state index contributed by atoms with van der Waals surface area (Å²) in [6, 6.07) is 21.3. The molecule has 1 aliphatic heterocycles. The maximum atomic E-state index is 14.3. The zero-order valence-electron chi connectivity index (χ0n) is 29.9. The highest BCUT2D eigenvalue weighted by atomic mass is 16.5. The minimum absolute atomic E-state index is 0.0229. The van der Waals surface area contributed by atoms with Crippen LogP contribution in [-0.4, -0.2) is 39.4 Å². The lowest BCUT2D eigenvalue weighted by Gasteiger charge is -2.24. The van der Waals surface area contributed by atoms with Gasteiger partial charge >= 0.3 is 6.03 Å². The summed E-state index contributed by atoms with van der Waals surface area (Å²) >= 11 is 0. The number of unbranched alkanes of at least 4 members (excludes halogenated alkanes) is 1. The van der Waals surface area contributed by atoms with Gasteiger partial charge in [0.25, 0.3) is 17.4 Å². The van der Waals surface area contributed by atoms with E-state index >= 15 is 0 Å². The summed E-state index contributed by atoms with van der Waals surface area (Å²) < 4.78 is 7.14. The van der Waals surface area contributed by atoms with Crippen molar-refractivity contribution < 1.29 is 19.1 Å². The third kappa shape index (κ3) is 6.73. The van der Waals surface area contributed by atoms with Crippen molar-refractivity contribution in [3.05, 3.63) is 117 Å². The molecule has 1 aliphatic rings. The molecule has 2 N–H and O–H groups in total. The van der Waals surface area contributed by atoms with Crippen LogP contribution in [0.1, 0.15) is 96.7 Å². The number of hydrogen-bond donors (Lipinski definition) is 2. The molecule has 262 valence electrons. The molecule has 10 heteroatoms. The van der Waals surface area contributed by atoms with E-state index in [1.807, 2.05) is 76.2 Å². The number of fused-ring (bicyclic) bond motifs is 2. The average molecular weight is 686 g/mol. The Morgan fingerprint density at radius 2 is 1.47 bits per heavy atom. The van der Waals surface area contributed by atoms with E-state index in [9.17, 15) is 19.2 Å². The number of amides is 4. The van der Waals surface area contributed by atoms with E-state index in [2.05, 4.69) is 22.5 Å². The molecule has 0 unspecified atom stereocenters. The molecule has 0 bridgehead atoms. The molecule has 3 aromatic carbocycles. The minimum atomic E-state index is -0.571. The van der Waals surface area contributed by atoms with Gasteiger partial charge in [-0.2, -0.15) is 0 Å². The normalized spacial score (nSPS) is 12.6. The molecular weight excluding hydrogens is 642 g/mol. The number of rotatable bonds is 11. The summed E-state index contributed by atoms with van der Waals surface area (Å²) in [5, 5.41) is 6.77. The summed E-state index contributed by atoms with van der Waals surface area (Å²) in [6.07, 6.45) is 3.30. The zero-order chi connectivity index (χ0) is 36.4. The number of benzene rings is 3. The lowest BCUT2D eigenvalue weighted by atomic mass is 9.90. The van der Waals surface area contributed by atoms with Crippen LogP contribution in [0.15, 0.2) is 83.8 Å². The molecule has 0 atom stereocenters. The summed E-state index contributed by atoms with van der Waals surface area (Å²) in [4.78, 5) is 60.7. The van der Waals surface area contributed by atoms with Crippen LogP contribution in [0.25, 0.3) is 22.2 Å². The first-order valence-electron chi connectivity index (χ1n) is 17.4. The highest BCUT2D eigenvalue weighted by Gasteiger charge is 2.35. The number of hydrogen-bond acceptors (Lipinski definition) is 6. The van der Waals surface area contributed by atoms with Crippen LogP contribution in [0.2, 0.25) is 0 Å². The number of carbonyl (C=O) groups excluding carboxylic acids is 3. The fourth-order valence-electron chi connectivity index (χ4n) is 6.72. The minimum Gasteiger partial charge on any atom is -0.497 e. The summed E-state index contributed by atoms with van der Waals surface area (Å²) in [5.41, 5.74) is 5.47. The molecule has 0 aliphatic carbocycles. The fourth-order valence-corrected chi connectivity index (χ4v) is 6.72. The zero-order valence-corrected chi connectivity index (χ0v) is 29.9. The molecule has 5 aromatic rings. The molecule has 6 rings (SSSR count). The topological polar surface area (TPSA) is 123 Å². The van der Waals surface area contributed by atoms with Crippen molar-refractivity contribution in [1.29, 1.82) is 0 Å². The second-order valence-electron chi connectivity index (χ2n) is 13.4. The Hall–Kier alpha value is -5.77. The van der Waals surface area contributed by atoms with Gasteiger partial charge in [0.15, 0.2) is 0 Å². The van der Waals surface area contributed by atoms with Gasteiger partial charge in [-0.3, -0.25) is 23.9 Å². The Balaban J connectivity index is 1.41. The van der Waals surface area contributed by atoms with Crippen molar-refractivity contribution in [2.75, 3.05) is 17.7 Å². The second kappa shape index (κ2) is 14.6. The molecule has 51 heavy (non-hydrogen) atoms. The van der Waals surface area contributed by atoms with E-state index in [4.69, 9.17) is 4.74 Å². The third-order valence-electron chi connectivity index (χ3n) is 9.31. The Morgan fingerprint density at radius 3 is 2.08 bits per heavy atom. The Kier molecular flexibility index (Phi) is 10.0. The van der Waals surface area contributed by atoms with Gasteiger partial charge in [-0.15, -0.1) is 0 Å². The lowest BCUT2D eigenvalue weighted by molar-refractivity contribution is 0.0642. The van der Waals surface area contributed by atoms with Crippen LogP contribution in [0.5, 0.6) is 5.75 Å². The predicted molar refractivity (Wildman–Crippen MR) is 201 cm³/mol. The maximum absolute atomic E-state index is 14.3. The summed E-state index contributed by atoms with van der Waals surface area (Å²) in [6.45, 7) is 10.7. The monoisotopic (exact) mass is 685 g/mol. The SMILES string of the molecule is CCCCn1c(=O)c(NC(=O)Nc2c(C(C)C)cc(CN3C(=O)c4ccccc4C3=O)cc2C(C)C)c(-c2cccc(OC)c2)c2cccnc21. The molecular formula is C41H43N5O5. The molecule has 0 radical (unpaired) electrons. The average Bonchev–Trinajstić information content (AvgIpc) is 3.36. The van der Waals surface area contributed by atoms with Gasteiger partial charge in [0.1, 0.15) is 17.1 Å². The van der Waals surface area contributed by atoms with Crippen molar-refractivity contribution in [3.63, 3.8) is 0 Å². The van der Waals surface area contributed by atoms with Crippen LogP contribution in [0, 0.1) is 0 Å². The first kappa shape index (κ1) is 35.1. The smallest absolute Gasteiger partial charge is 0.323 e. The van der Waals surface area contributed by atoms with E-state index in [0.717, 1.165) is 34.9 Å².